The van der Waals surface area contributed by atoms with E-state index in [-0.39, 0.29) is 6.61 Å². The fraction of sp³-hybridized carbons (Fsp3) is 1.00. The van der Waals surface area contributed by atoms with Crippen molar-refractivity contribution in [1.82, 2.24) is 0 Å². The van der Waals surface area contributed by atoms with E-state index in [0.29, 0.717) is 6.42 Å². The molecular weight excluding hydrogens is 132 g/mol. The van der Waals surface area contributed by atoms with E-state index < -0.39 is 18.2 Å². The van der Waals surface area contributed by atoms with Crippen LogP contribution in [0.2, 0.25) is 0 Å². The van der Waals surface area contributed by atoms with Gasteiger partial charge in [-0.05, 0) is 6.42 Å². The van der Waals surface area contributed by atoms with E-state index >= 15 is 0 Å². The second-order valence-electron chi connectivity index (χ2n) is 2.40. The van der Waals surface area contributed by atoms with E-state index in [1.54, 1.807) is 0 Å². The highest BCUT2D eigenvalue weighted by Crippen LogP contribution is 1.98. The van der Waals surface area contributed by atoms with Gasteiger partial charge in [-0.2, -0.15) is 0 Å². The second kappa shape index (κ2) is 4.62. The summed E-state index contributed by atoms with van der Waals surface area (Å²) in [6, 6.07) is -1.04. The van der Waals surface area contributed by atoms with Gasteiger partial charge in [-0.25, -0.2) is 0 Å². The number of hydrogen-bond acceptors (Lipinski definition) is 4. The van der Waals surface area contributed by atoms with Crippen molar-refractivity contribution in [3.63, 3.8) is 0 Å². The molecule has 62 valence electrons. The largest absolute Gasteiger partial charge is 0.395 e. The number of nitrogens with two attached hydrogens (primary N) is 2. The van der Waals surface area contributed by atoms with Gasteiger partial charge in [0.15, 0.2) is 0 Å². The van der Waals surface area contributed by atoms with Crippen molar-refractivity contribution in [2.75, 3.05) is 6.61 Å². The maximum absolute atomic E-state index is 9.11. The molecule has 0 radical (unpaired) electrons. The maximum atomic E-state index is 9.11. The lowest BCUT2D eigenvalue weighted by atomic mass is 10.0. The smallest absolute Gasteiger partial charge is 0.0704 e. The summed E-state index contributed by atoms with van der Waals surface area (Å²) in [5, 5.41) is 17.6. The SMILES string of the molecule is CC[C@@H](O)C(N)[C@@H](N)CO. The summed E-state index contributed by atoms with van der Waals surface area (Å²) < 4.78 is 0. The molecular formula is C6H16N2O2. The van der Waals surface area contributed by atoms with Gasteiger partial charge in [0.1, 0.15) is 0 Å². The van der Waals surface area contributed by atoms with Crippen LogP contribution in [-0.2, 0) is 0 Å². The molecule has 1 unspecified atom stereocenters. The molecule has 0 heterocycles. The Morgan fingerprint density at radius 3 is 2.20 bits per heavy atom. The molecule has 0 rings (SSSR count). The van der Waals surface area contributed by atoms with Gasteiger partial charge in [0.05, 0.1) is 12.7 Å². The minimum absolute atomic E-state index is 0.182. The molecule has 0 bridgehead atoms. The molecule has 6 N–H and O–H groups in total. The average Bonchev–Trinajstić information content (AvgIpc) is 2.00. The van der Waals surface area contributed by atoms with E-state index in [2.05, 4.69) is 0 Å². The molecule has 0 aliphatic carbocycles. The van der Waals surface area contributed by atoms with Crippen LogP contribution >= 0.6 is 0 Å². The minimum Gasteiger partial charge on any atom is -0.395 e. The van der Waals surface area contributed by atoms with Crippen molar-refractivity contribution in [1.29, 1.82) is 0 Å². The summed E-state index contributed by atoms with van der Waals surface area (Å²) >= 11 is 0. The molecule has 0 aromatic carbocycles. The lowest BCUT2D eigenvalue weighted by Gasteiger charge is -2.21. The van der Waals surface area contributed by atoms with Gasteiger partial charge in [0.25, 0.3) is 0 Å². The average molecular weight is 148 g/mol. The van der Waals surface area contributed by atoms with E-state index in [4.69, 9.17) is 21.7 Å². The van der Waals surface area contributed by atoms with Crippen molar-refractivity contribution < 1.29 is 10.2 Å². The van der Waals surface area contributed by atoms with Crippen LogP contribution < -0.4 is 11.5 Å². The van der Waals surface area contributed by atoms with Gasteiger partial charge in [0, 0.05) is 12.1 Å². The summed E-state index contributed by atoms with van der Waals surface area (Å²) in [4.78, 5) is 0. The Hall–Kier alpha value is -0.160. The summed E-state index contributed by atoms with van der Waals surface area (Å²) in [5.74, 6) is 0. The number of hydrogen-bond donors (Lipinski definition) is 4. The van der Waals surface area contributed by atoms with E-state index in [9.17, 15) is 0 Å². The molecule has 0 saturated carbocycles. The Bertz CT molecular complexity index is 79.8. The summed E-state index contributed by atoms with van der Waals surface area (Å²) in [6.45, 7) is 1.63. The molecule has 4 nitrogen and oxygen atoms in total. The van der Waals surface area contributed by atoms with E-state index in [1.165, 1.54) is 0 Å². The van der Waals surface area contributed by atoms with Crippen LogP contribution in [-0.4, -0.2) is 35.0 Å². The molecule has 0 fully saturated rings. The third-order valence-electron chi connectivity index (χ3n) is 1.57. The summed E-state index contributed by atoms with van der Waals surface area (Å²) in [5.41, 5.74) is 10.8. The van der Waals surface area contributed by atoms with Crippen molar-refractivity contribution >= 4 is 0 Å². The molecule has 3 atom stereocenters. The first kappa shape index (κ1) is 9.84. The normalized spacial score (nSPS) is 20.1. The zero-order valence-electron chi connectivity index (χ0n) is 6.20. The molecule has 0 saturated heterocycles. The molecule has 4 heteroatoms. The van der Waals surface area contributed by atoms with E-state index in [1.807, 2.05) is 6.92 Å². The highest BCUT2D eigenvalue weighted by atomic mass is 16.3. The molecule has 0 aromatic rings. The van der Waals surface area contributed by atoms with Crippen molar-refractivity contribution in [2.24, 2.45) is 11.5 Å². The van der Waals surface area contributed by atoms with Gasteiger partial charge in [0.2, 0.25) is 0 Å². The predicted octanol–water partition coefficient (Wildman–Crippen LogP) is -1.60. The fourth-order valence-corrected chi connectivity index (χ4v) is 0.679. The first-order valence-electron chi connectivity index (χ1n) is 3.43. The lowest BCUT2D eigenvalue weighted by molar-refractivity contribution is 0.112. The molecule has 0 amide bonds. The second-order valence-corrected chi connectivity index (χ2v) is 2.40. The zero-order valence-corrected chi connectivity index (χ0v) is 6.20. The molecule has 0 aromatic heterocycles. The molecule has 0 aliphatic rings. The maximum Gasteiger partial charge on any atom is 0.0704 e. The minimum atomic E-state index is -0.609. The van der Waals surface area contributed by atoms with Gasteiger partial charge in [-0.3, -0.25) is 0 Å². The quantitative estimate of drug-likeness (QED) is 0.386. The lowest BCUT2D eigenvalue weighted by Crippen LogP contribution is -2.50. The molecule has 10 heavy (non-hydrogen) atoms. The number of aliphatic hydroxyl groups excluding tert-OH is 2. The highest BCUT2D eigenvalue weighted by molar-refractivity contribution is 4.80. The topological polar surface area (TPSA) is 92.5 Å². The number of rotatable bonds is 4. The molecule has 0 aliphatic heterocycles. The van der Waals surface area contributed by atoms with Crippen molar-refractivity contribution in [3.8, 4) is 0 Å². The van der Waals surface area contributed by atoms with Crippen molar-refractivity contribution in [3.05, 3.63) is 0 Å². The van der Waals surface area contributed by atoms with Crippen LogP contribution in [0, 0.1) is 0 Å². The van der Waals surface area contributed by atoms with E-state index in [0.717, 1.165) is 0 Å². The van der Waals surface area contributed by atoms with Crippen LogP contribution in [0.1, 0.15) is 13.3 Å². The summed E-state index contributed by atoms with van der Waals surface area (Å²) in [7, 11) is 0. The first-order valence-corrected chi connectivity index (χ1v) is 3.43. The standard InChI is InChI=1S/C6H16N2O2/c1-2-5(10)6(8)4(7)3-9/h4-6,9-10H,2-3,7-8H2,1H3/t4-,5+,6?/m0/s1. The first-order chi connectivity index (χ1) is 4.63. The monoisotopic (exact) mass is 148 g/mol. The fourth-order valence-electron chi connectivity index (χ4n) is 0.679. The van der Waals surface area contributed by atoms with Crippen LogP contribution in [0.15, 0.2) is 0 Å². The van der Waals surface area contributed by atoms with Crippen LogP contribution in [0.25, 0.3) is 0 Å². The van der Waals surface area contributed by atoms with Gasteiger partial charge in [-0.1, -0.05) is 6.92 Å². The van der Waals surface area contributed by atoms with Gasteiger partial charge >= 0.3 is 0 Å². The third-order valence-corrected chi connectivity index (χ3v) is 1.57. The predicted molar refractivity (Wildman–Crippen MR) is 39.3 cm³/mol. The van der Waals surface area contributed by atoms with Gasteiger partial charge in [-0.15, -0.1) is 0 Å². The Kier molecular flexibility index (Phi) is 4.55. The molecule has 0 spiro atoms. The van der Waals surface area contributed by atoms with Crippen LogP contribution in [0.5, 0.6) is 0 Å². The number of aliphatic hydroxyl groups is 2. The Morgan fingerprint density at radius 1 is 1.40 bits per heavy atom. The third kappa shape index (κ3) is 2.62. The zero-order chi connectivity index (χ0) is 8.15. The Morgan fingerprint density at radius 2 is 1.90 bits per heavy atom. The Balaban J connectivity index is 3.69. The van der Waals surface area contributed by atoms with Crippen LogP contribution in [0.3, 0.4) is 0 Å². The Labute approximate surface area is 60.8 Å². The van der Waals surface area contributed by atoms with Gasteiger partial charge < -0.3 is 21.7 Å². The summed E-state index contributed by atoms with van der Waals surface area (Å²) in [6.07, 6.45) is -0.0448. The van der Waals surface area contributed by atoms with Crippen LogP contribution in [0.4, 0.5) is 0 Å². The van der Waals surface area contributed by atoms with Crippen molar-refractivity contribution in [2.45, 2.75) is 31.5 Å². The highest BCUT2D eigenvalue weighted by Gasteiger charge is 2.18.